The molecule has 6 rings (SSSR count). The van der Waals surface area contributed by atoms with Gasteiger partial charge in [-0.1, -0.05) is 30.3 Å². The third-order valence-corrected chi connectivity index (χ3v) is 7.72. The van der Waals surface area contributed by atoms with E-state index in [1.807, 2.05) is 12.1 Å². The lowest BCUT2D eigenvalue weighted by molar-refractivity contribution is -0.136. The summed E-state index contributed by atoms with van der Waals surface area (Å²) in [6.45, 7) is 1.55. The lowest BCUT2D eigenvalue weighted by atomic mass is 9.76. The second-order valence-corrected chi connectivity index (χ2v) is 10.00. The molecule has 3 heterocycles. The Balaban J connectivity index is 1.01. The molecule has 0 spiro atoms. The number of hydrogen-bond donors (Lipinski definition) is 3. The van der Waals surface area contributed by atoms with Crippen LogP contribution in [0.4, 0.5) is 10.5 Å². The monoisotopic (exact) mass is 488 g/mol. The quantitative estimate of drug-likeness (QED) is 0.557. The van der Waals surface area contributed by atoms with Crippen LogP contribution in [-0.4, -0.2) is 47.4 Å². The van der Waals surface area contributed by atoms with E-state index in [-0.39, 0.29) is 30.9 Å². The van der Waals surface area contributed by atoms with Crippen molar-refractivity contribution in [3.63, 3.8) is 0 Å². The smallest absolute Gasteiger partial charge is 0.407 e. The van der Waals surface area contributed by atoms with Crippen LogP contribution in [0.2, 0.25) is 0 Å². The normalized spacial score (nSPS) is 24.4. The minimum Gasteiger partial charge on any atom is -0.446 e. The summed E-state index contributed by atoms with van der Waals surface area (Å²) in [7, 11) is 0. The zero-order chi connectivity index (χ0) is 24.8. The van der Waals surface area contributed by atoms with Crippen LogP contribution in [0.1, 0.15) is 64.2 Å². The van der Waals surface area contributed by atoms with E-state index < -0.39 is 18.0 Å². The van der Waals surface area contributed by atoms with Gasteiger partial charge in [-0.3, -0.25) is 19.7 Å². The summed E-state index contributed by atoms with van der Waals surface area (Å²) in [5.41, 5.74) is 6.08. The molecule has 1 atom stereocenters. The molecule has 2 fully saturated rings. The first-order valence-electron chi connectivity index (χ1n) is 12.5. The van der Waals surface area contributed by atoms with Crippen molar-refractivity contribution in [2.45, 2.75) is 63.3 Å². The number of amides is 4. The summed E-state index contributed by atoms with van der Waals surface area (Å²) in [6, 6.07) is 11.3. The molecule has 186 valence electrons. The number of anilines is 1. The molecule has 0 radical (unpaired) electrons. The number of nitrogens with zero attached hydrogens (tertiary/aromatic N) is 1. The second-order valence-electron chi connectivity index (χ2n) is 10.00. The number of hydrogen-bond acceptors (Lipinski definition) is 6. The van der Waals surface area contributed by atoms with Gasteiger partial charge in [0.05, 0.1) is 0 Å². The standard InChI is InChI=1S/C27H28N4O5/c32-23-7-6-22(25(33)30-23)31-14-17-5-4-15(10-21(17)26(31)34)13-29-27(35)36-19-11-18(12-19)20-3-1-2-16-8-9-28-24(16)20/h1-5,10,18-19,22,28H,6-9,11-14H2,(H,29,35)(H,30,32,33). The molecule has 2 aromatic carbocycles. The number of carbonyl (C=O) groups excluding carboxylic acids is 4. The van der Waals surface area contributed by atoms with Crippen molar-refractivity contribution < 1.29 is 23.9 Å². The Morgan fingerprint density at radius 2 is 1.94 bits per heavy atom. The average molecular weight is 489 g/mol. The molecule has 0 bridgehead atoms. The minimum absolute atomic E-state index is 0.101. The fourth-order valence-electron chi connectivity index (χ4n) is 5.70. The average Bonchev–Trinajstić information content (AvgIpc) is 3.45. The number of imide groups is 1. The number of carbonyl (C=O) groups is 4. The van der Waals surface area contributed by atoms with Gasteiger partial charge in [-0.15, -0.1) is 0 Å². The molecule has 3 aliphatic heterocycles. The number of para-hydroxylation sites is 1. The van der Waals surface area contributed by atoms with Crippen LogP contribution in [-0.2, 0) is 33.8 Å². The van der Waals surface area contributed by atoms with Crippen molar-refractivity contribution in [1.29, 1.82) is 0 Å². The number of ether oxygens (including phenoxy) is 1. The molecule has 1 saturated heterocycles. The molecule has 2 aromatic rings. The Morgan fingerprint density at radius 3 is 2.78 bits per heavy atom. The van der Waals surface area contributed by atoms with Gasteiger partial charge in [-0.25, -0.2) is 4.79 Å². The Labute approximate surface area is 208 Å². The number of benzene rings is 2. The molecule has 4 aliphatic rings. The van der Waals surface area contributed by atoms with Gasteiger partial charge in [0.2, 0.25) is 11.8 Å². The predicted molar refractivity (Wildman–Crippen MR) is 130 cm³/mol. The first-order valence-corrected chi connectivity index (χ1v) is 12.5. The zero-order valence-corrected chi connectivity index (χ0v) is 19.8. The maximum absolute atomic E-state index is 13.0. The van der Waals surface area contributed by atoms with Crippen LogP contribution in [0, 0.1) is 0 Å². The van der Waals surface area contributed by atoms with E-state index in [1.165, 1.54) is 21.7 Å². The van der Waals surface area contributed by atoms with E-state index in [4.69, 9.17) is 4.74 Å². The third-order valence-electron chi connectivity index (χ3n) is 7.72. The summed E-state index contributed by atoms with van der Waals surface area (Å²) in [6.07, 6.45) is 2.67. The van der Waals surface area contributed by atoms with E-state index in [0.29, 0.717) is 24.4 Å². The van der Waals surface area contributed by atoms with Crippen molar-refractivity contribution in [2.24, 2.45) is 0 Å². The summed E-state index contributed by atoms with van der Waals surface area (Å²) >= 11 is 0. The zero-order valence-electron chi connectivity index (χ0n) is 19.8. The molecular formula is C27H28N4O5. The molecule has 1 saturated carbocycles. The minimum atomic E-state index is -0.641. The fraction of sp³-hybridized carbons (Fsp3) is 0.407. The molecule has 9 nitrogen and oxygen atoms in total. The maximum atomic E-state index is 13.0. The molecule has 1 aliphatic carbocycles. The molecule has 4 amide bonds. The van der Waals surface area contributed by atoms with Crippen LogP contribution in [0.25, 0.3) is 0 Å². The fourth-order valence-corrected chi connectivity index (χ4v) is 5.70. The molecule has 9 heteroatoms. The number of rotatable bonds is 5. The topological polar surface area (TPSA) is 117 Å². The van der Waals surface area contributed by atoms with Crippen LogP contribution < -0.4 is 16.0 Å². The Hall–Kier alpha value is -3.88. The van der Waals surface area contributed by atoms with Crippen molar-refractivity contribution in [2.75, 3.05) is 11.9 Å². The Kier molecular flexibility index (Phi) is 5.62. The summed E-state index contributed by atoms with van der Waals surface area (Å²) in [4.78, 5) is 50.5. The number of fused-ring (bicyclic) bond motifs is 2. The lowest BCUT2D eigenvalue weighted by Gasteiger charge is -2.35. The number of nitrogens with one attached hydrogen (secondary N) is 3. The molecular weight excluding hydrogens is 460 g/mol. The van der Waals surface area contributed by atoms with E-state index in [2.05, 4.69) is 34.1 Å². The summed E-state index contributed by atoms with van der Waals surface area (Å²) in [5.74, 6) is -0.563. The van der Waals surface area contributed by atoms with E-state index >= 15 is 0 Å². The van der Waals surface area contributed by atoms with E-state index in [1.54, 1.807) is 6.07 Å². The highest BCUT2D eigenvalue weighted by Gasteiger charge is 2.39. The lowest BCUT2D eigenvalue weighted by Crippen LogP contribution is -2.52. The summed E-state index contributed by atoms with van der Waals surface area (Å²) in [5, 5.41) is 8.57. The van der Waals surface area contributed by atoms with Crippen molar-refractivity contribution in [3.8, 4) is 0 Å². The highest BCUT2D eigenvalue weighted by atomic mass is 16.6. The van der Waals surface area contributed by atoms with E-state index in [9.17, 15) is 19.2 Å². The van der Waals surface area contributed by atoms with Crippen molar-refractivity contribution in [1.82, 2.24) is 15.5 Å². The van der Waals surface area contributed by atoms with Gasteiger partial charge >= 0.3 is 6.09 Å². The van der Waals surface area contributed by atoms with Gasteiger partial charge in [0.15, 0.2) is 0 Å². The van der Waals surface area contributed by atoms with Gasteiger partial charge in [-0.2, -0.15) is 0 Å². The Bertz CT molecular complexity index is 1270. The van der Waals surface area contributed by atoms with Gasteiger partial charge in [0, 0.05) is 37.3 Å². The third kappa shape index (κ3) is 4.08. The Morgan fingerprint density at radius 1 is 1.08 bits per heavy atom. The first-order chi connectivity index (χ1) is 17.5. The van der Waals surface area contributed by atoms with Gasteiger partial charge in [0.1, 0.15) is 12.1 Å². The van der Waals surface area contributed by atoms with E-state index in [0.717, 1.165) is 36.9 Å². The van der Waals surface area contributed by atoms with Crippen LogP contribution >= 0.6 is 0 Å². The van der Waals surface area contributed by atoms with Crippen LogP contribution in [0.5, 0.6) is 0 Å². The molecule has 3 N–H and O–H groups in total. The molecule has 36 heavy (non-hydrogen) atoms. The number of alkyl carbamates (subject to hydrolysis) is 1. The second kappa shape index (κ2) is 8.96. The highest BCUT2D eigenvalue weighted by Crippen LogP contribution is 2.43. The number of piperidine rings is 1. The SMILES string of the molecule is O=C1CCC(N2Cc3ccc(CNC(=O)OC4CC(c5cccc6c5NCC6)C4)cc3C2=O)C(=O)N1. The largest absolute Gasteiger partial charge is 0.446 e. The van der Waals surface area contributed by atoms with Gasteiger partial charge in [-0.05, 0) is 59.9 Å². The molecule has 1 unspecified atom stereocenters. The van der Waals surface area contributed by atoms with Crippen molar-refractivity contribution >= 4 is 29.5 Å². The molecule has 0 aromatic heterocycles. The highest BCUT2D eigenvalue weighted by molar-refractivity contribution is 6.05. The summed E-state index contributed by atoms with van der Waals surface area (Å²) < 4.78 is 5.59. The predicted octanol–water partition coefficient (Wildman–Crippen LogP) is 2.59. The first kappa shape index (κ1) is 22.6. The maximum Gasteiger partial charge on any atom is 0.407 e. The van der Waals surface area contributed by atoms with Gasteiger partial charge in [0.25, 0.3) is 5.91 Å². The van der Waals surface area contributed by atoms with Crippen LogP contribution in [0.3, 0.4) is 0 Å². The van der Waals surface area contributed by atoms with Crippen LogP contribution in [0.15, 0.2) is 36.4 Å². The van der Waals surface area contributed by atoms with Gasteiger partial charge < -0.3 is 20.3 Å². The van der Waals surface area contributed by atoms with Crippen molar-refractivity contribution in [3.05, 3.63) is 64.2 Å².